The van der Waals surface area contributed by atoms with Crippen molar-refractivity contribution in [3.8, 4) is 11.5 Å². The number of hydrogen-bond acceptors (Lipinski definition) is 4. The van der Waals surface area contributed by atoms with Crippen LogP contribution in [-0.2, 0) is 0 Å². The van der Waals surface area contributed by atoms with Crippen LogP contribution in [0.2, 0.25) is 0 Å². The Morgan fingerprint density at radius 2 is 1.44 bits per heavy atom. The molecule has 3 aromatic rings. The first-order chi connectivity index (χ1) is 15.7. The molecule has 4 rings (SSSR count). The van der Waals surface area contributed by atoms with E-state index in [0.717, 1.165) is 13.1 Å². The first-order valence-electron chi connectivity index (χ1n) is 11.1. The van der Waals surface area contributed by atoms with Gasteiger partial charge in [-0.15, -0.1) is 0 Å². The number of ether oxygens (including phenoxy) is 2. The molecule has 0 N–H and O–H groups in total. The van der Waals surface area contributed by atoms with E-state index < -0.39 is 0 Å². The fourth-order valence-corrected chi connectivity index (χ4v) is 4.33. The zero-order valence-corrected chi connectivity index (χ0v) is 18.7. The highest BCUT2D eigenvalue weighted by atomic mass is 16.5. The average molecular weight is 431 g/mol. The third-order valence-electron chi connectivity index (χ3n) is 5.91. The summed E-state index contributed by atoms with van der Waals surface area (Å²) in [6, 6.07) is 26.8. The van der Waals surface area contributed by atoms with Gasteiger partial charge in [-0.3, -0.25) is 9.69 Å². The van der Waals surface area contributed by atoms with Crippen molar-refractivity contribution in [1.82, 2.24) is 9.80 Å². The SMILES string of the molecule is CCOc1cc(C(=O)N2CCN(C(c3ccccc3)c3ccccc3)CC2)ccc1OC. The number of carbonyl (C=O) groups is 1. The van der Waals surface area contributed by atoms with Gasteiger partial charge in [-0.05, 0) is 36.2 Å². The zero-order valence-electron chi connectivity index (χ0n) is 18.7. The molecular formula is C27H30N2O3. The Balaban J connectivity index is 1.49. The van der Waals surface area contributed by atoms with E-state index in [1.165, 1.54) is 11.1 Å². The fourth-order valence-electron chi connectivity index (χ4n) is 4.33. The molecule has 1 amide bonds. The summed E-state index contributed by atoms with van der Waals surface area (Å²) in [5.41, 5.74) is 3.18. The van der Waals surface area contributed by atoms with Crippen LogP contribution in [0.25, 0.3) is 0 Å². The van der Waals surface area contributed by atoms with Gasteiger partial charge in [0.25, 0.3) is 5.91 Å². The molecule has 166 valence electrons. The number of amides is 1. The quantitative estimate of drug-likeness (QED) is 0.548. The van der Waals surface area contributed by atoms with Crippen molar-refractivity contribution in [2.75, 3.05) is 39.9 Å². The summed E-state index contributed by atoms with van der Waals surface area (Å²) >= 11 is 0. The standard InChI is InChI=1S/C27H30N2O3/c1-3-32-25-20-23(14-15-24(25)31-2)27(30)29-18-16-28(17-19-29)26(21-10-6-4-7-11-21)22-12-8-5-9-13-22/h4-15,20,26H,3,16-19H2,1-2H3. The molecule has 0 spiro atoms. The predicted octanol–water partition coefficient (Wildman–Crippen LogP) is 4.64. The van der Waals surface area contributed by atoms with Gasteiger partial charge in [0, 0.05) is 31.7 Å². The van der Waals surface area contributed by atoms with Crippen LogP contribution in [-0.4, -0.2) is 55.6 Å². The van der Waals surface area contributed by atoms with Crippen molar-refractivity contribution in [2.45, 2.75) is 13.0 Å². The second kappa shape index (κ2) is 10.3. The second-order valence-electron chi connectivity index (χ2n) is 7.85. The normalized spacial score (nSPS) is 14.4. The molecule has 5 heteroatoms. The third-order valence-corrected chi connectivity index (χ3v) is 5.91. The highest BCUT2D eigenvalue weighted by Gasteiger charge is 2.28. The van der Waals surface area contributed by atoms with Crippen LogP contribution >= 0.6 is 0 Å². The first-order valence-corrected chi connectivity index (χ1v) is 11.1. The van der Waals surface area contributed by atoms with Crippen molar-refractivity contribution >= 4 is 5.91 Å². The van der Waals surface area contributed by atoms with Crippen molar-refractivity contribution in [3.05, 3.63) is 95.6 Å². The number of methoxy groups -OCH3 is 1. The fraction of sp³-hybridized carbons (Fsp3) is 0.296. The Hall–Kier alpha value is -3.31. The van der Waals surface area contributed by atoms with Crippen molar-refractivity contribution < 1.29 is 14.3 Å². The lowest BCUT2D eigenvalue weighted by Crippen LogP contribution is -2.49. The first kappa shape index (κ1) is 21.9. The van der Waals surface area contributed by atoms with Gasteiger partial charge in [0.15, 0.2) is 11.5 Å². The lowest BCUT2D eigenvalue weighted by Gasteiger charge is -2.39. The van der Waals surface area contributed by atoms with Gasteiger partial charge < -0.3 is 14.4 Å². The van der Waals surface area contributed by atoms with E-state index in [0.29, 0.717) is 36.8 Å². The Labute approximate surface area is 190 Å². The predicted molar refractivity (Wildman–Crippen MR) is 126 cm³/mol. The van der Waals surface area contributed by atoms with Crippen molar-refractivity contribution in [2.24, 2.45) is 0 Å². The van der Waals surface area contributed by atoms with Crippen molar-refractivity contribution in [1.29, 1.82) is 0 Å². The molecule has 0 aliphatic carbocycles. The summed E-state index contributed by atoms with van der Waals surface area (Å²) in [6.07, 6.45) is 0. The summed E-state index contributed by atoms with van der Waals surface area (Å²) < 4.78 is 11.0. The summed E-state index contributed by atoms with van der Waals surface area (Å²) in [6.45, 7) is 5.44. The van der Waals surface area contributed by atoms with E-state index in [2.05, 4.69) is 53.4 Å². The van der Waals surface area contributed by atoms with Crippen LogP contribution in [0.3, 0.4) is 0 Å². The summed E-state index contributed by atoms with van der Waals surface area (Å²) in [5.74, 6) is 1.28. The highest BCUT2D eigenvalue weighted by Crippen LogP contribution is 2.31. The largest absolute Gasteiger partial charge is 0.493 e. The van der Waals surface area contributed by atoms with Gasteiger partial charge in [0.1, 0.15) is 0 Å². The van der Waals surface area contributed by atoms with Crippen LogP contribution in [0.4, 0.5) is 0 Å². The zero-order chi connectivity index (χ0) is 22.3. The molecule has 1 heterocycles. The Morgan fingerprint density at radius 1 is 0.844 bits per heavy atom. The Bertz CT molecular complexity index is 976. The van der Waals surface area contributed by atoms with E-state index in [9.17, 15) is 4.79 Å². The van der Waals surface area contributed by atoms with E-state index in [4.69, 9.17) is 9.47 Å². The van der Waals surface area contributed by atoms with Crippen LogP contribution in [0.15, 0.2) is 78.9 Å². The van der Waals surface area contributed by atoms with Crippen LogP contribution < -0.4 is 9.47 Å². The topological polar surface area (TPSA) is 42.0 Å². The van der Waals surface area contributed by atoms with Crippen LogP contribution in [0.5, 0.6) is 11.5 Å². The molecule has 1 aliphatic heterocycles. The van der Waals surface area contributed by atoms with Gasteiger partial charge in [-0.25, -0.2) is 0 Å². The lowest BCUT2D eigenvalue weighted by molar-refractivity contribution is 0.0597. The van der Waals surface area contributed by atoms with Crippen LogP contribution in [0, 0.1) is 0 Å². The van der Waals surface area contributed by atoms with E-state index in [1.54, 1.807) is 19.2 Å². The number of hydrogen-bond donors (Lipinski definition) is 0. The minimum absolute atomic E-state index is 0.0317. The molecule has 0 radical (unpaired) electrons. The number of piperazine rings is 1. The smallest absolute Gasteiger partial charge is 0.254 e. The number of nitrogens with zero attached hydrogens (tertiary/aromatic N) is 2. The molecule has 0 bridgehead atoms. The number of benzene rings is 3. The molecular weight excluding hydrogens is 400 g/mol. The minimum Gasteiger partial charge on any atom is -0.493 e. The molecule has 5 nitrogen and oxygen atoms in total. The van der Waals surface area contributed by atoms with E-state index in [1.807, 2.05) is 30.0 Å². The maximum absolute atomic E-state index is 13.2. The van der Waals surface area contributed by atoms with Gasteiger partial charge in [-0.2, -0.15) is 0 Å². The van der Waals surface area contributed by atoms with E-state index in [-0.39, 0.29) is 11.9 Å². The average Bonchev–Trinajstić information content (AvgIpc) is 2.86. The van der Waals surface area contributed by atoms with Gasteiger partial charge >= 0.3 is 0 Å². The summed E-state index contributed by atoms with van der Waals surface area (Å²) in [4.78, 5) is 17.6. The lowest BCUT2D eigenvalue weighted by atomic mass is 9.96. The number of rotatable bonds is 7. The molecule has 0 saturated carbocycles. The molecule has 32 heavy (non-hydrogen) atoms. The van der Waals surface area contributed by atoms with Crippen molar-refractivity contribution in [3.63, 3.8) is 0 Å². The van der Waals surface area contributed by atoms with Gasteiger partial charge in [-0.1, -0.05) is 60.7 Å². The molecule has 0 aromatic heterocycles. The van der Waals surface area contributed by atoms with Gasteiger partial charge in [0.05, 0.1) is 19.8 Å². The van der Waals surface area contributed by atoms with E-state index >= 15 is 0 Å². The molecule has 0 unspecified atom stereocenters. The molecule has 1 saturated heterocycles. The maximum Gasteiger partial charge on any atom is 0.254 e. The van der Waals surface area contributed by atoms with Gasteiger partial charge in [0.2, 0.25) is 0 Å². The number of carbonyl (C=O) groups excluding carboxylic acids is 1. The molecule has 1 aliphatic rings. The minimum atomic E-state index is 0.0317. The Kier molecular flexibility index (Phi) is 7.07. The summed E-state index contributed by atoms with van der Waals surface area (Å²) in [5, 5.41) is 0. The maximum atomic E-state index is 13.2. The second-order valence-corrected chi connectivity index (χ2v) is 7.85. The monoisotopic (exact) mass is 430 g/mol. The molecule has 3 aromatic carbocycles. The Morgan fingerprint density at radius 3 is 1.97 bits per heavy atom. The molecule has 0 atom stereocenters. The third kappa shape index (κ3) is 4.78. The molecule has 1 fully saturated rings. The highest BCUT2D eigenvalue weighted by molar-refractivity contribution is 5.95. The summed E-state index contributed by atoms with van der Waals surface area (Å²) in [7, 11) is 1.61. The van der Waals surface area contributed by atoms with Crippen LogP contribution in [0.1, 0.15) is 34.5 Å².